The van der Waals surface area contributed by atoms with E-state index in [2.05, 4.69) is 52.8 Å². The Bertz CT molecular complexity index is 992. The second kappa shape index (κ2) is 9.71. The predicted octanol–water partition coefficient (Wildman–Crippen LogP) is 4.52. The van der Waals surface area contributed by atoms with Gasteiger partial charge >= 0.3 is 0 Å². The molecule has 1 heterocycles. The van der Waals surface area contributed by atoms with Crippen LogP contribution < -0.4 is 5.32 Å². The molecule has 0 atom stereocenters. The van der Waals surface area contributed by atoms with Gasteiger partial charge in [0.1, 0.15) is 0 Å². The Morgan fingerprint density at radius 2 is 1.96 bits per heavy atom. The first-order valence-electron chi connectivity index (χ1n) is 9.21. The molecule has 0 fully saturated rings. The molecule has 0 saturated carbocycles. The summed E-state index contributed by atoms with van der Waals surface area (Å²) in [6, 6.07) is 16.5. The van der Waals surface area contributed by atoms with Crippen LogP contribution in [0.3, 0.4) is 0 Å². The van der Waals surface area contributed by atoms with E-state index in [0.717, 1.165) is 22.7 Å². The van der Waals surface area contributed by atoms with Crippen molar-refractivity contribution in [3.8, 4) is 11.4 Å². The monoisotopic (exact) mass is 412 g/mol. The van der Waals surface area contributed by atoms with Crippen molar-refractivity contribution in [2.45, 2.75) is 31.7 Å². The quantitative estimate of drug-likeness (QED) is 0.324. The van der Waals surface area contributed by atoms with Crippen LogP contribution in [0.1, 0.15) is 17.5 Å². The summed E-state index contributed by atoms with van der Waals surface area (Å²) in [6.07, 6.45) is 0.363. The van der Waals surface area contributed by atoms with Gasteiger partial charge in [0.25, 0.3) is 0 Å². The summed E-state index contributed by atoms with van der Waals surface area (Å²) in [4.78, 5) is 13.4. The van der Waals surface area contributed by atoms with Crippen molar-refractivity contribution in [2.75, 3.05) is 12.3 Å². The van der Waals surface area contributed by atoms with E-state index in [1.807, 2.05) is 29.7 Å². The van der Waals surface area contributed by atoms with Gasteiger partial charge in [-0.05, 0) is 44.3 Å². The number of thioether (sulfide) groups is 1. The molecule has 2 aromatic carbocycles. The molecule has 0 aliphatic heterocycles. The molecule has 0 saturated heterocycles. The highest BCUT2D eigenvalue weighted by molar-refractivity contribution is 7.99. The minimum absolute atomic E-state index is 0.0165. The lowest BCUT2D eigenvalue weighted by molar-refractivity contribution is -0.121. The van der Waals surface area contributed by atoms with Crippen LogP contribution in [-0.4, -0.2) is 33.0 Å². The second-order valence-electron chi connectivity index (χ2n) is 6.63. The van der Waals surface area contributed by atoms with Crippen LogP contribution >= 0.6 is 24.0 Å². The molecule has 0 aliphatic carbocycles. The zero-order chi connectivity index (χ0) is 19.9. The Balaban J connectivity index is 1.49. The Morgan fingerprint density at radius 3 is 2.71 bits per heavy atom. The van der Waals surface area contributed by atoms with Crippen LogP contribution in [0.2, 0.25) is 0 Å². The molecule has 1 aromatic heterocycles. The van der Waals surface area contributed by atoms with E-state index >= 15 is 0 Å². The first-order valence-corrected chi connectivity index (χ1v) is 10.6. The normalized spacial score (nSPS) is 10.8. The molecule has 2 N–H and O–H groups in total. The molecule has 1 amide bonds. The van der Waals surface area contributed by atoms with E-state index in [9.17, 15) is 4.79 Å². The number of amides is 1. The van der Waals surface area contributed by atoms with E-state index in [-0.39, 0.29) is 5.91 Å². The van der Waals surface area contributed by atoms with E-state index in [0.29, 0.717) is 24.3 Å². The summed E-state index contributed by atoms with van der Waals surface area (Å²) in [5, 5.41) is 10.1. The molecule has 0 bridgehead atoms. The molecule has 5 nitrogen and oxygen atoms in total. The maximum atomic E-state index is 12.2. The van der Waals surface area contributed by atoms with Crippen LogP contribution in [0.25, 0.3) is 11.4 Å². The number of nitrogens with zero attached hydrogens (tertiary/aromatic N) is 2. The lowest BCUT2D eigenvalue weighted by Gasteiger charge is -2.08. The molecule has 0 aliphatic rings. The van der Waals surface area contributed by atoms with Crippen molar-refractivity contribution in [1.82, 2.24) is 20.1 Å². The average molecular weight is 413 g/mol. The maximum absolute atomic E-state index is 12.2. The number of aromatic nitrogens is 3. The number of aryl methyl sites for hydroxylation is 2. The Hall–Kier alpha value is -2.38. The van der Waals surface area contributed by atoms with Crippen LogP contribution in [0.5, 0.6) is 0 Å². The van der Waals surface area contributed by atoms with Crippen LogP contribution in [0.4, 0.5) is 0 Å². The number of hydrogen-bond donors (Lipinski definition) is 2. The summed E-state index contributed by atoms with van der Waals surface area (Å²) in [7, 11) is 0. The smallest absolute Gasteiger partial charge is 0.221 e. The third-order valence-corrected chi connectivity index (χ3v) is 5.64. The van der Waals surface area contributed by atoms with E-state index < -0.39 is 0 Å². The van der Waals surface area contributed by atoms with Crippen molar-refractivity contribution < 1.29 is 4.79 Å². The molecule has 7 heteroatoms. The summed E-state index contributed by atoms with van der Waals surface area (Å²) >= 11 is 7.08. The van der Waals surface area contributed by atoms with Crippen molar-refractivity contribution in [3.05, 3.63) is 64.4 Å². The van der Waals surface area contributed by atoms with Gasteiger partial charge in [0.2, 0.25) is 5.91 Å². The van der Waals surface area contributed by atoms with Crippen LogP contribution in [-0.2, 0) is 11.3 Å². The van der Waals surface area contributed by atoms with Crippen LogP contribution in [0, 0.1) is 18.6 Å². The molecule has 0 spiro atoms. The topological polar surface area (TPSA) is 62.7 Å². The lowest BCUT2D eigenvalue weighted by Crippen LogP contribution is -2.26. The van der Waals surface area contributed by atoms with Gasteiger partial charge in [0.05, 0.1) is 0 Å². The highest BCUT2D eigenvalue weighted by Crippen LogP contribution is 2.19. The minimum atomic E-state index is 0.0165. The fraction of sp³-hybridized carbons (Fsp3) is 0.286. The molecule has 0 radical (unpaired) electrons. The minimum Gasteiger partial charge on any atom is -0.355 e. The summed E-state index contributed by atoms with van der Waals surface area (Å²) in [5.74, 6) is 1.62. The number of aromatic amines is 1. The Labute approximate surface area is 174 Å². The van der Waals surface area contributed by atoms with E-state index in [1.165, 1.54) is 10.5 Å². The third-order valence-electron chi connectivity index (χ3n) is 4.31. The van der Waals surface area contributed by atoms with E-state index in [4.69, 9.17) is 12.2 Å². The van der Waals surface area contributed by atoms with E-state index in [1.54, 1.807) is 11.8 Å². The van der Waals surface area contributed by atoms with Gasteiger partial charge < -0.3 is 5.32 Å². The first kappa shape index (κ1) is 20.4. The molecule has 3 rings (SSSR count). The zero-order valence-corrected chi connectivity index (χ0v) is 17.7. The van der Waals surface area contributed by atoms with Crippen LogP contribution in [0.15, 0.2) is 53.4 Å². The van der Waals surface area contributed by atoms with Crippen molar-refractivity contribution in [1.29, 1.82) is 0 Å². The predicted molar refractivity (Wildman–Crippen MR) is 117 cm³/mol. The molecule has 0 unspecified atom stereocenters. The summed E-state index contributed by atoms with van der Waals surface area (Å²) in [6.45, 7) is 5.25. The lowest BCUT2D eigenvalue weighted by atomic mass is 10.1. The molecular weight excluding hydrogens is 388 g/mol. The van der Waals surface area contributed by atoms with Gasteiger partial charge in [-0.25, -0.2) is 0 Å². The zero-order valence-electron chi connectivity index (χ0n) is 16.1. The van der Waals surface area contributed by atoms with Gasteiger partial charge in [-0.1, -0.05) is 41.5 Å². The third kappa shape index (κ3) is 5.56. The summed E-state index contributed by atoms with van der Waals surface area (Å²) in [5.41, 5.74) is 3.39. The number of carbonyl (C=O) groups excluding carboxylic acids is 1. The number of hydrogen-bond acceptors (Lipinski definition) is 4. The first-order chi connectivity index (χ1) is 13.5. The Kier molecular flexibility index (Phi) is 7.06. The highest BCUT2D eigenvalue weighted by Gasteiger charge is 2.10. The average Bonchev–Trinajstić information content (AvgIpc) is 3.05. The SMILES string of the molecule is Cc1ccc(SCCNC(=O)CCn2c(-c3cccc(C)c3)n[nH]c2=S)cc1. The Morgan fingerprint density at radius 1 is 1.18 bits per heavy atom. The number of rotatable bonds is 8. The van der Waals surface area contributed by atoms with Crippen molar-refractivity contribution >= 4 is 29.9 Å². The maximum Gasteiger partial charge on any atom is 0.221 e. The number of H-pyrrole nitrogens is 1. The second-order valence-corrected chi connectivity index (χ2v) is 8.19. The number of carbonyl (C=O) groups is 1. The standard InChI is InChI=1S/C21H24N4OS2/c1-15-6-8-18(9-7-15)28-13-11-22-19(26)10-12-25-20(23-24-21(25)27)17-5-3-4-16(2)14-17/h3-9,14H,10-13H2,1-2H3,(H,22,26)(H,24,27). The molecular formula is C21H24N4OS2. The van der Waals surface area contributed by atoms with Crippen molar-refractivity contribution in [2.24, 2.45) is 0 Å². The van der Waals surface area contributed by atoms with Gasteiger partial charge in [0.15, 0.2) is 10.6 Å². The molecule has 28 heavy (non-hydrogen) atoms. The number of nitrogens with one attached hydrogen (secondary N) is 2. The molecule has 146 valence electrons. The van der Waals surface area contributed by atoms with Crippen molar-refractivity contribution in [3.63, 3.8) is 0 Å². The largest absolute Gasteiger partial charge is 0.355 e. The van der Waals surface area contributed by atoms with Gasteiger partial charge in [-0.15, -0.1) is 11.8 Å². The fourth-order valence-corrected chi connectivity index (χ4v) is 3.82. The fourth-order valence-electron chi connectivity index (χ4n) is 2.83. The summed E-state index contributed by atoms with van der Waals surface area (Å²) < 4.78 is 2.41. The van der Waals surface area contributed by atoms with Gasteiger partial charge in [-0.2, -0.15) is 5.10 Å². The highest BCUT2D eigenvalue weighted by atomic mass is 32.2. The van der Waals surface area contributed by atoms with Gasteiger partial charge in [-0.3, -0.25) is 14.5 Å². The number of benzene rings is 2. The molecule has 3 aromatic rings. The van der Waals surface area contributed by atoms with Gasteiger partial charge in [0, 0.05) is 35.7 Å².